The molecule has 23 heavy (non-hydrogen) atoms. The van der Waals surface area contributed by atoms with Crippen LogP contribution in [0.25, 0.3) is 0 Å². The van der Waals surface area contributed by atoms with Crippen molar-refractivity contribution in [3.05, 3.63) is 41.6 Å². The second-order valence-corrected chi connectivity index (χ2v) is 6.58. The molecule has 124 valence electrons. The minimum absolute atomic E-state index is 0.0330. The maximum Gasteiger partial charge on any atom is 0.337 e. The van der Waals surface area contributed by atoms with Gasteiger partial charge in [-0.15, -0.1) is 0 Å². The van der Waals surface area contributed by atoms with Crippen molar-refractivity contribution in [3.63, 3.8) is 0 Å². The number of carbonyl (C=O) groups is 1. The van der Waals surface area contributed by atoms with E-state index in [0.29, 0.717) is 6.61 Å². The number of likely N-dealkylation sites (N-methyl/N-ethyl adjacent to an activating group) is 1. The molecule has 0 fully saturated rings. The molecule has 0 saturated carbocycles. The first-order valence-corrected chi connectivity index (χ1v) is 8.46. The number of benzene rings is 1. The molecule has 0 bridgehead atoms. The Hall–Kier alpha value is -1.97. The van der Waals surface area contributed by atoms with Gasteiger partial charge in [0.2, 0.25) is 0 Å². The summed E-state index contributed by atoms with van der Waals surface area (Å²) >= 11 is 0. The number of rotatable bonds is 3. The van der Waals surface area contributed by atoms with Crippen LogP contribution in [-0.4, -0.2) is 44.2 Å². The Morgan fingerprint density at radius 3 is 2.74 bits per heavy atom. The third-order valence-corrected chi connectivity index (χ3v) is 5.44. The normalized spacial score (nSPS) is 26.3. The van der Waals surface area contributed by atoms with Crippen LogP contribution < -0.4 is 4.90 Å². The lowest BCUT2D eigenvalue weighted by Gasteiger charge is -2.37. The van der Waals surface area contributed by atoms with E-state index in [4.69, 9.17) is 4.74 Å². The molecule has 0 aromatic heterocycles. The van der Waals surface area contributed by atoms with Gasteiger partial charge in [-0.05, 0) is 31.4 Å². The van der Waals surface area contributed by atoms with Gasteiger partial charge in [-0.2, -0.15) is 0 Å². The van der Waals surface area contributed by atoms with Gasteiger partial charge >= 0.3 is 5.97 Å². The molecule has 0 amide bonds. The number of esters is 1. The summed E-state index contributed by atoms with van der Waals surface area (Å²) in [6.07, 6.45) is 4.03. The zero-order valence-corrected chi connectivity index (χ0v) is 14.5. The molecular weight excluding hydrogens is 288 g/mol. The fourth-order valence-electron chi connectivity index (χ4n) is 4.32. The Morgan fingerprint density at radius 1 is 1.30 bits per heavy atom. The summed E-state index contributed by atoms with van der Waals surface area (Å²) in [7, 11) is 4.13. The van der Waals surface area contributed by atoms with Crippen LogP contribution in [0.2, 0.25) is 0 Å². The lowest BCUT2D eigenvalue weighted by molar-refractivity contribution is -0.139. The van der Waals surface area contributed by atoms with E-state index in [9.17, 15) is 4.79 Å². The maximum absolute atomic E-state index is 12.7. The molecule has 0 saturated heterocycles. The number of ether oxygens (including phenoxy) is 1. The highest BCUT2D eigenvalue weighted by Crippen LogP contribution is 2.52. The Labute approximate surface area is 138 Å². The molecule has 2 heterocycles. The molecule has 4 heteroatoms. The number of nitrogens with zero attached hydrogens (tertiary/aromatic N) is 2. The minimum Gasteiger partial charge on any atom is -0.463 e. The molecular formula is C19H26N2O2. The van der Waals surface area contributed by atoms with Gasteiger partial charge in [0.25, 0.3) is 0 Å². The van der Waals surface area contributed by atoms with Crippen LogP contribution >= 0.6 is 0 Å². The molecule has 1 aromatic carbocycles. The minimum atomic E-state index is -0.191. The average molecular weight is 314 g/mol. The fraction of sp³-hybridized carbons (Fsp3) is 0.526. The van der Waals surface area contributed by atoms with Crippen molar-refractivity contribution in [2.24, 2.45) is 0 Å². The van der Waals surface area contributed by atoms with E-state index in [2.05, 4.69) is 48.0 Å². The van der Waals surface area contributed by atoms with E-state index in [0.717, 1.165) is 25.0 Å². The van der Waals surface area contributed by atoms with Gasteiger partial charge in [-0.25, -0.2) is 4.79 Å². The first-order valence-electron chi connectivity index (χ1n) is 8.46. The van der Waals surface area contributed by atoms with Crippen LogP contribution in [0, 0.1) is 0 Å². The standard InChI is InChI=1S/C19H26N2O2/c1-5-19-11-12-20(3)13-14(18(22)23-6-2)17(19)21(4)16-10-8-7-9-15(16)19/h7-10,13,17H,5-6,11-12H2,1-4H3/t17-,19-/m0/s1. The fourth-order valence-corrected chi connectivity index (χ4v) is 4.32. The topological polar surface area (TPSA) is 32.8 Å². The Kier molecular flexibility index (Phi) is 4.09. The molecule has 0 radical (unpaired) electrons. The van der Waals surface area contributed by atoms with Gasteiger partial charge in [-0.1, -0.05) is 25.1 Å². The largest absolute Gasteiger partial charge is 0.463 e. The smallest absolute Gasteiger partial charge is 0.337 e. The highest BCUT2D eigenvalue weighted by Gasteiger charge is 2.52. The van der Waals surface area contributed by atoms with Gasteiger partial charge < -0.3 is 14.5 Å². The van der Waals surface area contributed by atoms with Crippen LogP contribution in [0.5, 0.6) is 0 Å². The number of hydrogen-bond acceptors (Lipinski definition) is 4. The molecule has 3 rings (SSSR count). The van der Waals surface area contributed by atoms with Crippen molar-refractivity contribution in [1.82, 2.24) is 4.90 Å². The van der Waals surface area contributed by atoms with E-state index in [1.54, 1.807) is 0 Å². The summed E-state index contributed by atoms with van der Waals surface area (Å²) in [5.74, 6) is -0.191. The number of para-hydroxylation sites is 1. The summed E-state index contributed by atoms with van der Waals surface area (Å²) in [4.78, 5) is 17.0. The van der Waals surface area contributed by atoms with Gasteiger partial charge in [0, 0.05) is 37.9 Å². The van der Waals surface area contributed by atoms with Gasteiger partial charge in [-0.3, -0.25) is 0 Å². The molecule has 4 nitrogen and oxygen atoms in total. The summed E-state index contributed by atoms with van der Waals surface area (Å²) < 4.78 is 5.37. The number of fused-ring (bicyclic) bond motifs is 3. The van der Waals surface area contributed by atoms with Crippen molar-refractivity contribution in [2.45, 2.75) is 38.1 Å². The van der Waals surface area contributed by atoms with Crippen molar-refractivity contribution < 1.29 is 9.53 Å². The average Bonchev–Trinajstić information content (AvgIpc) is 2.70. The molecule has 2 atom stereocenters. The highest BCUT2D eigenvalue weighted by molar-refractivity contribution is 5.92. The van der Waals surface area contributed by atoms with E-state index < -0.39 is 0 Å². The maximum atomic E-state index is 12.7. The second kappa shape index (κ2) is 5.91. The third-order valence-electron chi connectivity index (χ3n) is 5.44. The zero-order chi connectivity index (χ0) is 16.6. The van der Waals surface area contributed by atoms with E-state index in [-0.39, 0.29) is 17.4 Å². The third kappa shape index (κ3) is 2.32. The van der Waals surface area contributed by atoms with Crippen LogP contribution in [0.1, 0.15) is 32.3 Å². The van der Waals surface area contributed by atoms with Gasteiger partial charge in [0.15, 0.2) is 0 Å². The number of anilines is 1. The molecule has 0 aliphatic carbocycles. The van der Waals surface area contributed by atoms with E-state index in [1.165, 1.54) is 11.3 Å². The van der Waals surface area contributed by atoms with Crippen LogP contribution in [-0.2, 0) is 14.9 Å². The van der Waals surface area contributed by atoms with Crippen molar-refractivity contribution in [1.29, 1.82) is 0 Å². The quantitative estimate of drug-likeness (QED) is 0.803. The molecule has 0 N–H and O–H groups in total. The van der Waals surface area contributed by atoms with E-state index in [1.807, 2.05) is 20.2 Å². The monoisotopic (exact) mass is 314 g/mol. The van der Waals surface area contributed by atoms with Gasteiger partial charge in [0.05, 0.1) is 18.2 Å². The summed E-state index contributed by atoms with van der Waals surface area (Å²) in [6, 6.07) is 8.60. The highest BCUT2D eigenvalue weighted by atomic mass is 16.5. The van der Waals surface area contributed by atoms with Crippen molar-refractivity contribution in [3.8, 4) is 0 Å². The summed E-state index contributed by atoms with van der Waals surface area (Å²) in [5, 5.41) is 0. The summed E-state index contributed by atoms with van der Waals surface area (Å²) in [6.45, 7) is 5.44. The van der Waals surface area contributed by atoms with Crippen LogP contribution in [0.15, 0.2) is 36.0 Å². The number of hydrogen-bond donors (Lipinski definition) is 0. The predicted molar refractivity (Wildman–Crippen MR) is 92.6 cm³/mol. The van der Waals surface area contributed by atoms with Crippen LogP contribution in [0.3, 0.4) is 0 Å². The van der Waals surface area contributed by atoms with E-state index >= 15 is 0 Å². The lowest BCUT2D eigenvalue weighted by atomic mass is 9.70. The Balaban J connectivity index is 2.16. The predicted octanol–water partition coefficient (Wildman–Crippen LogP) is 2.94. The lowest BCUT2D eigenvalue weighted by Crippen LogP contribution is -2.46. The van der Waals surface area contributed by atoms with Crippen LogP contribution in [0.4, 0.5) is 5.69 Å². The summed E-state index contributed by atoms with van der Waals surface area (Å²) in [5.41, 5.74) is 3.33. The first-order chi connectivity index (χ1) is 11.0. The zero-order valence-electron chi connectivity index (χ0n) is 14.5. The molecule has 1 aromatic rings. The van der Waals surface area contributed by atoms with Crippen molar-refractivity contribution >= 4 is 11.7 Å². The second-order valence-electron chi connectivity index (χ2n) is 6.58. The molecule has 0 spiro atoms. The molecule has 0 unspecified atom stereocenters. The van der Waals surface area contributed by atoms with Gasteiger partial charge in [0.1, 0.15) is 0 Å². The Morgan fingerprint density at radius 2 is 2.04 bits per heavy atom. The van der Waals surface area contributed by atoms with Crippen molar-refractivity contribution in [2.75, 3.05) is 32.1 Å². The molecule has 2 aliphatic heterocycles. The Bertz CT molecular complexity index is 640. The first kappa shape index (κ1) is 15.9. The number of carbonyl (C=O) groups excluding carboxylic acids is 1. The molecule has 2 aliphatic rings. The SMILES string of the molecule is CCOC(=O)C1=CN(C)CC[C@@]2(CC)c3ccccc3N(C)[C@@H]12.